The number of benzene rings is 1. The van der Waals surface area contributed by atoms with E-state index in [1.165, 1.54) is 31.9 Å². The molecule has 1 N–H and O–H groups in total. The summed E-state index contributed by atoms with van der Waals surface area (Å²) in [4.78, 5) is 41.4. The number of ether oxygens (including phenoxy) is 3. The Morgan fingerprint density at radius 2 is 1.88 bits per heavy atom. The molecule has 2 aromatic rings. The molecule has 0 aliphatic carbocycles. The number of cyclic esters (lactones) is 1. The van der Waals surface area contributed by atoms with Crippen LogP contribution in [0.3, 0.4) is 0 Å². The second-order valence-electron chi connectivity index (χ2n) is 8.19. The van der Waals surface area contributed by atoms with Crippen LogP contribution in [0.25, 0.3) is 0 Å². The Morgan fingerprint density at radius 3 is 2.58 bits per heavy atom. The molecule has 1 amide bonds. The van der Waals surface area contributed by atoms with Gasteiger partial charge < -0.3 is 19.5 Å². The van der Waals surface area contributed by atoms with Gasteiger partial charge >= 0.3 is 11.9 Å². The van der Waals surface area contributed by atoms with Gasteiger partial charge in [0.05, 0.1) is 7.11 Å². The Kier molecular flexibility index (Phi) is 8.40. The summed E-state index contributed by atoms with van der Waals surface area (Å²) >= 11 is 0. The first-order chi connectivity index (χ1) is 15.9. The van der Waals surface area contributed by atoms with Crippen molar-refractivity contribution in [1.82, 2.24) is 10.3 Å². The SMILES string of the molecule is COc1ccnc(C(=O)N[C@H]2CCCC[C@@H](Cc3ccccc3)[C@H](C)OC2=O)c1OC(C)=O. The molecule has 1 aliphatic rings. The zero-order valence-electron chi connectivity index (χ0n) is 19.2. The maximum Gasteiger partial charge on any atom is 0.328 e. The van der Waals surface area contributed by atoms with Crippen LogP contribution in [-0.4, -0.2) is 42.1 Å². The Bertz CT molecular complexity index is 978. The molecule has 0 spiro atoms. The molecule has 3 rings (SSSR count). The van der Waals surface area contributed by atoms with E-state index in [4.69, 9.17) is 14.2 Å². The average Bonchev–Trinajstić information content (AvgIpc) is 2.85. The predicted molar refractivity (Wildman–Crippen MR) is 121 cm³/mol. The number of nitrogens with zero attached hydrogens (tertiary/aromatic N) is 1. The number of methoxy groups -OCH3 is 1. The first-order valence-corrected chi connectivity index (χ1v) is 11.2. The number of nitrogens with one attached hydrogen (secondary N) is 1. The first-order valence-electron chi connectivity index (χ1n) is 11.2. The van der Waals surface area contributed by atoms with E-state index < -0.39 is 23.9 Å². The third-order valence-electron chi connectivity index (χ3n) is 5.76. The fraction of sp³-hybridized carbons (Fsp3) is 0.440. The number of amides is 1. The Hall–Kier alpha value is -3.42. The van der Waals surface area contributed by atoms with E-state index in [1.54, 1.807) is 0 Å². The third-order valence-corrected chi connectivity index (χ3v) is 5.76. The number of aromatic nitrogens is 1. The molecule has 0 unspecified atom stereocenters. The van der Waals surface area contributed by atoms with Crippen molar-refractivity contribution >= 4 is 17.8 Å². The minimum Gasteiger partial charge on any atom is -0.493 e. The van der Waals surface area contributed by atoms with Crippen LogP contribution in [0, 0.1) is 5.92 Å². The molecule has 1 aliphatic heterocycles. The standard InChI is InChI=1S/C25H30N2O6/c1-16-19(15-18-9-5-4-6-10-18)11-7-8-12-20(25(30)32-16)27-24(29)22-23(33-17(2)28)21(31-3)13-14-26-22/h4-6,9-10,13-14,16,19-20H,7-8,11-12,15H2,1-3H3,(H,27,29)/t16-,19-,20-/m0/s1. The van der Waals surface area contributed by atoms with Gasteiger partial charge in [-0.3, -0.25) is 9.59 Å². The van der Waals surface area contributed by atoms with Crippen molar-refractivity contribution in [2.24, 2.45) is 5.92 Å². The van der Waals surface area contributed by atoms with E-state index in [1.807, 2.05) is 25.1 Å². The molecule has 0 bridgehead atoms. The molecule has 3 atom stereocenters. The van der Waals surface area contributed by atoms with Gasteiger partial charge in [0, 0.05) is 19.2 Å². The van der Waals surface area contributed by atoms with Gasteiger partial charge in [0.25, 0.3) is 5.91 Å². The lowest BCUT2D eigenvalue weighted by atomic mass is 9.90. The highest BCUT2D eigenvalue weighted by molar-refractivity contribution is 5.98. The highest BCUT2D eigenvalue weighted by Gasteiger charge is 2.31. The summed E-state index contributed by atoms with van der Waals surface area (Å²) in [5, 5.41) is 2.71. The molecule has 1 fully saturated rings. The minimum atomic E-state index is -0.825. The van der Waals surface area contributed by atoms with E-state index in [0.29, 0.717) is 6.42 Å². The van der Waals surface area contributed by atoms with Gasteiger partial charge in [-0.25, -0.2) is 9.78 Å². The zero-order valence-corrected chi connectivity index (χ0v) is 19.2. The van der Waals surface area contributed by atoms with Crippen LogP contribution in [0.5, 0.6) is 11.5 Å². The summed E-state index contributed by atoms with van der Waals surface area (Å²) < 4.78 is 16.1. The average molecular weight is 455 g/mol. The number of rotatable bonds is 6. The fourth-order valence-electron chi connectivity index (χ4n) is 4.01. The van der Waals surface area contributed by atoms with E-state index in [9.17, 15) is 14.4 Å². The largest absolute Gasteiger partial charge is 0.493 e. The number of esters is 2. The maximum atomic E-state index is 13.0. The van der Waals surface area contributed by atoms with Crippen LogP contribution >= 0.6 is 0 Å². The van der Waals surface area contributed by atoms with Crippen molar-refractivity contribution in [3.63, 3.8) is 0 Å². The van der Waals surface area contributed by atoms with Gasteiger partial charge in [0.1, 0.15) is 12.1 Å². The molecule has 8 nitrogen and oxygen atoms in total. The summed E-state index contributed by atoms with van der Waals surface area (Å²) in [5.74, 6) is -1.43. The van der Waals surface area contributed by atoms with Gasteiger partial charge in [-0.15, -0.1) is 0 Å². The third kappa shape index (κ3) is 6.54. The van der Waals surface area contributed by atoms with Crippen LogP contribution in [0.15, 0.2) is 42.6 Å². The first kappa shape index (κ1) is 24.2. The van der Waals surface area contributed by atoms with Crippen LogP contribution in [0.4, 0.5) is 0 Å². The van der Waals surface area contributed by atoms with Crippen molar-refractivity contribution in [2.45, 2.75) is 58.1 Å². The normalized spacial score (nSPS) is 21.1. The molecule has 2 heterocycles. The molecule has 1 saturated heterocycles. The van der Waals surface area contributed by atoms with Crippen molar-refractivity contribution in [1.29, 1.82) is 0 Å². The molecule has 0 radical (unpaired) electrons. The van der Waals surface area contributed by atoms with Crippen LogP contribution < -0.4 is 14.8 Å². The number of carbonyl (C=O) groups is 3. The molecule has 33 heavy (non-hydrogen) atoms. The van der Waals surface area contributed by atoms with Crippen molar-refractivity contribution in [3.05, 3.63) is 53.9 Å². The minimum absolute atomic E-state index is 0.0854. The van der Waals surface area contributed by atoms with E-state index in [2.05, 4.69) is 22.4 Å². The van der Waals surface area contributed by atoms with Crippen molar-refractivity contribution in [3.8, 4) is 11.5 Å². The molecular weight excluding hydrogens is 424 g/mol. The van der Waals surface area contributed by atoms with Gasteiger partial charge in [0.2, 0.25) is 5.75 Å². The van der Waals surface area contributed by atoms with Crippen molar-refractivity contribution < 1.29 is 28.6 Å². The summed E-state index contributed by atoms with van der Waals surface area (Å²) in [6, 6.07) is 10.8. The zero-order chi connectivity index (χ0) is 23.8. The summed E-state index contributed by atoms with van der Waals surface area (Å²) in [5.41, 5.74) is 1.07. The Morgan fingerprint density at radius 1 is 1.15 bits per heavy atom. The maximum absolute atomic E-state index is 13.0. The quantitative estimate of drug-likeness (QED) is 0.667. The molecule has 176 valence electrons. The number of pyridine rings is 1. The lowest BCUT2D eigenvalue weighted by Gasteiger charge is -2.24. The summed E-state index contributed by atoms with van der Waals surface area (Å²) in [6.45, 7) is 3.12. The van der Waals surface area contributed by atoms with Gasteiger partial charge in [-0.1, -0.05) is 43.2 Å². The molecule has 0 saturated carbocycles. The van der Waals surface area contributed by atoms with Crippen LogP contribution in [-0.2, 0) is 20.7 Å². The predicted octanol–water partition coefficient (Wildman–Crippen LogP) is 3.48. The van der Waals surface area contributed by atoms with Crippen molar-refractivity contribution in [2.75, 3.05) is 7.11 Å². The molecule has 8 heteroatoms. The second kappa shape index (κ2) is 11.4. The van der Waals surface area contributed by atoms with Crippen LogP contribution in [0.2, 0.25) is 0 Å². The van der Waals surface area contributed by atoms with Gasteiger partial charge in [-0.05, 0) is 37.7 Å². The fourth-order valence-corrected chi connectivity index (χ4v) is 4.01. The number of hydrogen-bond donors (Lipinski definition) is 1. The van der Waals surface area contributed by atoms with Crippen LogP contribution in [0.1, 0.15) is 55.6 Å². The Labute approximate surface area is 193 Å². The molecule has 1 aromatic heterocycles. The Balaban J connectivity index is 1.72. The molecular formula is C25H30N2O6. The summed E-state index contributed by atoms with van der Waals surface area (Å²) in [6.07, 6.45) is 4.97. The highest BCUT2D eigenvalue weighted by Crippen LogP contribution is 2.30. The summed E-state index contributed by atoms with van der Waals surface area (Å²) in [7, 11) is 1.40. The van der Waals surface area contributed by atoms with Gasteiger partial charge in [0.15, 0.2) is 11.4 Å². The topological polar surface area (TPSA) is 104 Å². The lowest BCUT2D eigenvalue weighted by molar-refractivity contribution is -0.153. The number of carbonyl (C=O) groups excluding carboxylic acids is 3. The second-order valence-corrected chi connectivity index (χ2v) is 8.19. The number of hydrogen-bond acceptors (Lipinski definition) is 7. The van der Waals surface area contributed by atoms with E-state index in [0.717, 1.165) is 25.7 Å². The van der Waals surface area contributed by atoms with E-state index in [-0.39, 0.29) is 29.2 Å². The lowest BCUT2D eigenvalue weighted by Crippen LogP contribution is -2.43. The highest BCUT2D eigenvalue weighted by atomic mass is 16.6. The van der Waals surface area contributed by atoms with Gasteiger partial charge in [-0.2, -0.15) is 0 Å². The van der Waals surface area contributed by atoms with E-state index >= 15 is 0 Å². The molecule has 1 aromatic carbocycles. The smallest absolute Gasteiger partial charge is 0.328 e. The monoisotopic (exact) mass is 454 g/mol.